The van der Waals surface area contributed by atoms with Crippen molar-refractivity contribution in [1.82, 2.24) is 10.2 Å². The van der Waals surface area contributed by atoms with Gasteiger partial charge in [0, 0.05) is 6.54 Å². The molecule has 0 aliphatic carbocycles. The minimum Gasteiger partial charge on any atom is -0.368 e. The van der Waals surface area contributed by atoms with Crippen LogP contribution in [0, 0.1) is 5.92 Å². The average molecular weight is 241 g/mol. The number of carbonyl (C=O) groups excluding carboxylic acids is 1. The molecule has 1 aliphatic rings. The fourth-order valence-electron chi connectivity index (χ4n) is 2.45. The predicted octanol–water partition coefficient (Wildman–Crippen LogP) is 0.962. The molecular weight excluding hydrogens is 214 g/mol. The van der Waals surface area contributed by atoms with Gasteiger partial charge in [0.1, 0.15) is 0 Å². The number of amides is 1. The second-order valence-electron chi connectivity index (χ2n) is 5.18. The quantitative estimate of drug-likeness (QED) is 0.728. The summed E-state index contributed by atoms with van der Waals surface area (Å²) < 4.78 is 0. The van der Waals surface area contributed by atoms with E-state index in [9.17, 15) is 4.79 Å². The van der Waals surface area contributed by atoms with Crippen LogP contribution in [0.4, 0.5) is 0 Å². The Balaban J connectivity index is 2.30. The second-order valence-corrected chi connectivity index (χ2v) is 5.18. The Bertz CT molecular complexity index is 233. The van der Waals surface area contributed by atoms with Crippen molar-refractivity contribution in [3.63, 3.8) is 0 Å². The molecule has 0 saturated carbocycles. The number of nitrogens with two attached hydrogens (primary N) is 1. The molecule has 1 rings (SSSR count). The maximum atomic E-state index is 11.2. The number of carbonyl (C=O) groups is 1. The maximum Gasteiger partial charge on any atom is 0.234 e. The summed E-state index contributed by atoms with van der Waals surface area (Å²) in [5.74, 6) is 0.621. The zero-order chi connectivity index (χ0) is 12.7. The van der Waals surface area contributed by atoms with Crippen molar-refractivity contribution in [2.45, 2.75) is 45.6 Å². The van der Waals surface area contributed by atoms with Crippen LogP contribution in [0.1, 0.15) is 39.5 Å². The van der Waals surface area contributed by atoms with E-state index in [-0.39, 0.29) is 11.9 Å². The summed E-state index contributed by atoms with van der Waals surface area (Å²) in [5.41, 5.74) is 5.37. The molecule has 2 unspecified atom stereocenters. The molecule has 1 fully saturated rings. The summed E-state index contributed by atoms with van der Waals surface area (Å²) >= 11 is 0. The van der Waals surface area contributed by atoms with Gasteiger partial charge < -0.3 is 16.0 Å². The molecule has 0 aromatic rings. The SMILES string of the molecule is CCNC(CCN1CCCC(C)CC1)C(N)=O. The minimum absolute atomic E-state index is 0.166. The van der Waals surface area contributed by atoms with Crippen molar-refractivity contribution >= 4 is 5.91 Å². The van der Waals surface area contributed by atoms with Gasteiger partial charge in [-0.2, -0.15) is 0 Å². The van der Waals surface area contributed by atoms with Crippen molar-refractivity contribution in [3.05, 3.63) is 0 Å². The van der Waals surface area contributed by atoms with Gasteiger partial charge in [-0.15, -0.1) is 0 Å². The number of likely N-dealkylation sites (N-methyl/N-ethyl adjacent to an activating group) is 1. The summed E-state index contributed by atoms with van der Waals surface area (Å²) in [6, 6.07) is -0.166. The first-order valence-electron chi connectivity index (χ1n) is 6.88. The van der Waals surface area contributed by atoms with Gasteiger partial charge in [-0.3, -0.25) is 4.79 Å². The highest BCUT2D eigenvalue weighted by molar-refractivity contribution is 5.79. The number of nitrogens with one attached hydrogen (secondary N) is 1. The van der Waals surface area contributed by atoms with Gasteiger partial charge in [0.05, 0.1) is 6.04 Å². The van der Waals surface area contributed by atoms with E-state index in [4.69, 9.17) is 5.73 Å². The number of nitrogens with zero attached hydrogens (tertiary/aromatic N) is 1. The van der Waals surface area contributed by atoms with Gasteiger partial charge >= 0.3 is 0 Å². The Labute approximate surface area is 105 Å². The maximum absolute atomic E-state index is 11.2. The molecule has 3 N–H and O–H groups in total. The zero-order valence-electron chi connectivity index (χ0n) is 11.2. The minimum atomic E-state index is -0.227. The number of rotatable bonds is 6. The van der Waals surface area contributed by atoms with Crippen molar-refractivity contribution in [2.24, 2.45) is 11.7 Å². The lowest BCUT2D eigenvalue weighted by Crippen LogP contribution is -2.43. The van der Waals surface area contributed by atoms with Gasteiger partial charge in [-0.1, -0.05) is 13.8 Å². The topological polar surface area (TPSA) is 58.4 Å². The second kappa shape index (κ2) is 7.67. The fraction of sp³-hybridized carbons (Fsp3) is 0.923. The number of likely N-dealkylation sites (tertiary alicyclic amines) is 1. The van der Waals surface area contributed by atoms with Crippen LogP contribution in [0.15, 0.2) is 0 Å². The number of hydrogen-bond acceptors (Lipinski definition) is 3. The monoisotopic (exact) mass is 241 g/mol. The van der Waals surface area contributed by atoms with E-state index in [1.54, 1.807) is 0 Å². The van der Waals surface area contributed by atoms with Crippen LogP contribution in [0.5, 0.6) is 0 Å². The van der Waals surface area contributed by atoms with Gasteiger partial charge in [-0.05, 0) is 51.2 Å². The van der Waals surface area contributed by atoms with Crippen LogP contribution in [0.2, 0.25) is 0 Å². The lowest BCUT2D eigenvalue weighted by atomic mass is 10.0. The molecule has 100 valence electrons. The Morgan fingerprint density at radius 1 is 1.47 bits per heavy atom. The molecule has 1 heterocycles. The molecule has 1 aliphatic heterocycles. The van der Waals surface area contributed by atoms with Crippen LogP contribution in [0.25, 0.3) is 0 Å². The van der Waals surface area contributed by atoms with E-state index in [0.717, 1.165) is 25.4 Å². The first-order chi connectivity index (χ1) is 8.13. The van der Waals surface area contributed by atoms with E-state index in [0.29, 0.717) is 0 Å². The third-order valence-corrected chi connectivity index (χ3v) is 3.64. The molecule has 17 heavy (non-hydrogen) atoms. The Morgan fingerprint density at radius 2 is 2.24 bits per heavy atom. The van der Waals surface area contributed by atoms with E-state index in [1.807, 2.05) is 6.92 Å². The highest BCUT2D eigenvalue weighted by Crippen LogP contribution is 2.16. The van der Waals surface area contributed by atoms with Gasteiger partial charge in [0.2, 0.25) is 5.91 Å². The van der Waals surface area contributed by atoms with E-state index in [1.165, 1.54) is 32.4 Å². The standard InChI is InChI=1S/C13H27N3O/c1-3-15-12(13(14)17)7-10-16-8-4-5-11(2)6-9-16/h11-12,15H,3-10H2,1-2H3,(H2,14,17). The van der Waals surface area contributed by atoms with Crippen LogP contribution in [0.3, 0.4) is 0 Å². The Hall–Kier alpha value is -0.610. The largest absolute Gasteiger partial charge is 0.368 e. The molecule has 0 spiro atoms. The van der Waals surface area contributed by atoms with Gasteiger partial charge in [0.15, 0.2) is 0 Å². The molecule has 1 amide bonds. The van der Waals surface area contributed by atoms with E-state index in [2.05, 4.69) is 17.1 Å². The summed E-state index contributed by atoms with van der Waals surface area (Å²) in [5, 5.41) is 3.14. The molecular formula is C13H27N3O. The molecule has 4 heteroatoms. The van der Waals surface area contributed by atoms with Crippen molar-refractivity contribution in [3.8, 4) is 0 Å². The van der Waals surface area contributed by atoms with E-state index < -0.39 is 0 Å². The molecule has 0 aromatic heterocycles. The molecule has 0 radical (unpaired) electrons. The van der Waals surface area contributed by atoms with Gasteiger partial charge in [-0.25, -0.2) is 0 Å². The number of hydrogen-bond donors (Lipinski definition) is 2. The normalized spacial score (nSPS) is 24.2. The Morgan fingerprint density at radius 3 is 2.88 bits per heavy atom. The summed E-state index contributed by atoms with van der Waals surface area (Å²) in [7, 11) is 0. The van der Waals surface area contributed by atoms with Gasteiger partial charge in [0.25, 0.3) is 0 Å². The molecule has 2 atom stereocenters. The van der Waals surface area contributed by atoms with Crippen LogP contribution >= 0.6 is 0 Å². The number of primary amides is 1. The molecule has 0 aromatic carbocycles. The first kappa shape index (κ1) is 14.5. The third kappa shape index (κ3) is 5.50. The van der Waals surface area contributed by atoms with Crippen molar-refractivity contribution in [2.75, 3.05) is 26.2 Å². The lowest BCUT2D eigenvalue weighted by molar-refractivity contribution is -0.120. The predicted molar refractivity (Wildman–Crippen MR) is 70.7 cm³/mol. The molecule has 4 nitrogen and oxygen atoms in total. The van der Waals surface area contributed by atoms with Crippen LogP contribution in [-0.2, 0) is 4.79 Å². The first-order valence-corrected chi connectivity index (χ1v) is 6.88. The van der Waals surface area contributed by atoms with E-state index >= 15 is 0 Å². The summed E-state index contributed by atoms with van der Waals surface area (Å²) in [6.45, 7) is 8.44. The lowest BCUT2D eigenvalue weighted by Gasteiger charge is -2.22. The highest BCUT2D eigenvalue weighted by Gasteiger charge is 2.17. The van der Waals surface area contributed by atoms with Crippen molar-refractivity contribution in [1.29, 1.82) is 0 Å². The summed E-state index contributed by atoms with van der Waals surface area (Å²) in [4.78, 5) is 13.7. The Kier molecular flexibility index (Phi) is 6.52. The molecule has 1 saturated heterocycles. The fourth-order valence-corrected chi connectivity index (χ4v) is 2.45. The van der Waals surface area contributed by atoms with Crippen LogP contribution in [-0.4, -0.2) is 43.0 Å². The average Bonchev–Trinajstić information content (AvgIpc) is 2.49. The highest BCUT2D eigenvalue weighted by atomic mass is 16.1. The van der Waals surface area contributed by atoms with Crippen molar-refractivity contribution < 1.29 is 4.79 Å². The zero-order valence-corrected chi connectivity index (χ0v) is 11.2. The molecule has 0 bridgehead atoms. The van der Waals surface area contributed by atoms with Crippen LogP contribution < -0.4 is 11.1 Å². The third-order valence-electron chi connectivity index (χ3n) is 3.64. The summed E-state index contributed by atoms with van der Waals surface area (Å²) in [6.07, 6.45) is 4.73. The smallest absolute Gasteiger partial charge is 0.234 e.